The van der Waals surface area contributed by atoms with Crippen LogP contribution in [0.1, 0.15) is 111 Å². The smallest absolute Gasteiger partial charge is 0.335 e. The van der Waals surface area contributed by atoms with Crippen molar-refractivity contribution < 1.29 is 19.5 Å². The number of hydrogen-bond donors (Lipinski definition) is 3. The second kappa shape index (κ2) is 8.13. The lowest BCUT2D eigenvalue weighted by molar-refractivity contribution is 0.307. The fourth-order valence-corrected chi connectivity index (χ4v) is 5.07. The van der Waals surface area contributed by atoms with Crippen LogP contribution in [0.4, 0.5) is 0 Å². The molecular formula is C23H41O4P. The first-order chi connectivity index (χ1) is 12.4. The Bertz CT molecular complexity index is 689. The molecule has 1 rings (SSSR count). The molecule has 2 unspecified atom stereocenters. The average molecular weight is 413 g/mol. The summed E-state index contributed by atoms with van der Waals surface area (Å²) in [6, 6.07) is 3.69. The van der Waals surface area contributed by atoms with Crippen molar-refractivity contribution in [3.8, 4) is 5.75 Å². The first kappa shape index (κ1) is 25.2. The van der Waals surface area contributed by atoms with Gasteiger partial charge in [-0.05, 0) is 52.2 Å². The molecule has 1 aromatic rings. The molecule has 28 heavy (non-hydrogen) atoms. The molecule has 0 heterocycles. The van der Waals surface area contributed by atoms with Gasteiger partial charge in [0.05, 0.1) is 5.16 Å². The van der Waals surface area contributed by atoms with Gasteiger partial charge in [-0.25, -0.2) is 0 Å². The third-order valence-corrected chi connectivity index (χ3v) is 8.97. The molecule has 0 fully saturated rings. The predicted octanol–water partition coefficient (Wildman–Crippen LogP) is 6.88. The normalized spacial score (nSPS) is 16.1. The Balaban J connectivity index is 3.97. The second-order valence-electron chi connectivity index (χ2n) is 10.5. The molecule has 0 saturated heterocycles. The topological polar surface area (TPSA) is 77.8 Å². The van der Waals surface area contributed by atoms with Gasteiger partial charge in [0.15, 0.2) is 0 Å². The van der Waals surface area contributed by atoms with Gasteiger partial charge >= 0.3 is 7.60 Å². The number of hydrogen-bond acceptors (Lipinski definition) is 2. The van der Waals surface area contributed by atoms with E-state index >= 15 is 0 Å². The van der Waals surface area contributed by atoms with Gasteiger partial charge in [0, 0.05) is 0 Å². The molecule has 0 aromatic heterocycles. The quantitative estimate of drug-likeness (QED) is 0.445. The van der Waals surface area contributed by atoms with Crippen molar-refractivity contribution in [3.05, 3.63) is 28.8 Å². The van der Waals surface area contributed by atoms with Gasteiger partial charge in [0.2, 0.25) is 0 Å². The highest BCUT2D eigenvalue weighted by molar-refractivity contribution is 7.53. The number of phenolic OH excluding ortho intramolecular Hbond substituents is 1. The largest absolute Gasteiger partial charge is 0.507 e. The lowest BCUT2D eigenvalue weighted by Gasteiger charge is -2.37. The molecule has 3 N–H and O–H groups in total. The molecular weight excluding hydrogens is 371 g/mol. The molecule has 162 valence electrons. The minimum atomic E-state index is -4.41. The van der Waals surface area contributed by atoms with Gasteiger partial charge in [0.1, 0.15) is 5.75 Å². The third-order valence-electron chi connectivity index (χ3n) is 6.96. The van der Waals surface area contributed by atoms with Gasteiger partial charge < -0.3 is 14.9 Å². The lowest BCUT2D eigenvalue weighted by atomic mass is 9.72. The molecule has 0 aliphatic rings. The summed E-state index contributed by atoms with van der Waals surface area (Å²) in [5.74, 6) is 0.323. The van der Waals surface area contributed by atoms with E-state index in [9.17, 15) is 19.5 Å². The first-order valence-electron chi connectivity index (χ1n) is 10.4. The molecule has 4 nitrogen and oxygen atoms in total. The maximum Gasteiger partial charge on any atom is 0.335 e. The molecule has 0 saturated carbocycles. The van der Waals surface area contributed by atoms with E-state index in [1.165, 1.54) is 0 Å². The number of phenols is 1. The van der Waals surface area contributed by atoms with Crippen LogP contribution >= 0.6 is 7.60 Å². The highest BCUT2D eigenvalue weighted by Crippen LogP contribution is 2.62. The van der Waals surface area contributed by atoms with Crippen LogP contribution in [-0.2, 0) is 9.72 Å². The zero-order valence-corrected chi connectivity index (χ0v) is 20.3. The van der Waals surface area contributed by atoms with Crippen molar-refractivity contribution >= 4 is 7.60 Å². The van der Waals surface area contributed by atoms with Gasteiger partial charge in [-0.15, -0.1) is 0 Å². The maximum atomic E-state index is 12.6. The van der Waals surface area contributed by atoms with Crippen molar-refractivity contribution in [2.24, 2.45) is 10.8 Å². The summed E-state index contributed by atoms with van der Waals surface area (Å²) >= 11 is 0. The highest BCUT2D eigenvalue weighted by atomic mass is 31.2. The van der Waals surface area contributed by atoms with Crippen LogP contribution < -0.4 is 0 Å². The maximum absolute atomic E-state index is 12.6. The van der Waals surface area contributed by atoms with Crippen LogP contribution in [-0.4, -0.2) is 14.9 Å². The van der Waals surface area contributed by atoms with Crippen LogP contribution in [0.15, 0.2) is 12.1 Å². The summed E-state index contributed by atoms with van der Waals surface area (Å²) in [6.07, 6.45) is 0.677. The molecule has 2 atom stereocenters. The highest BCUT2D eigenvalue weighted by Gasteiger charge is 2.46. The Hall–Kier alpha value is -0.830. The van der Waals surface area contributed by atoms with E-state index in [1.54, 1.807) is 0 Å². The van der Waals surface area contributed by atoms with Gasteiger partial charge in [-0.2, -0.15) is 0 Å². The van der Waals surface area contributed by atoms with E-state index in [2.05, 4.69) is 55.4 Å². The molecule has 0 spiro atoms. The Morgan fingerprint density at radius 1 is 0.857 bits per heavy atom. The van der Waals surface area contributed by atoms with E-state index in [-0.39, 0.29) is 28.4 Å². The van der Waals surface area contributed by atoms with Crippen LogP contribution in [0, 0.1) is 10.8 Å². The molecule has 0 amide bonds. The van der Waals surface area contributed by atoms with Gasteiger partial charge in [0.25, 0.3) is 0 Å². The fourth-order valence-electron chi connectivity index (χ4n) is 3.78. The van der Waals surface area contributed by atoms with Crippen LogP contribution in [0.2, 0.25) is 0 Å². The average Bonchev–Trinajstić information content (AvgIpc) is 2.53. The Labute approximate surface area is 171 Å². The summed E-state index contributed by atoms with van der Waals surface area (Å²) in [5, 5.41) is 9.96. The van der Waals surface area contributed by atoms with Crippen molar-refractivity contribution in [2.75, 3.05) is 0 Å². The minimum Gasteiger partial charge on any atom is -0.507 e. The molecule has 5 heteroatoms. The number of aromatic hydroxyl groups is 1. The number of rotatable bonds is 6. The summed E-state index contributed by atoms with van der Waals surface area (Å²) < 4.78 is 12.6. The van der Waals surface area contributed by atoms with Crippen molar-refractivity contribution in [2.45, 2.75) is 99.1 Å². The van der Waals surface area contributed by atoms with E-state index in [0.717, 1.165) is 11.1 Å². The fraction of sp³-hybridized carbons (Fsp3) is 0.739. The van der Waals surface area contributed by atoms with Gasteiger partial charge in [-0.1, -0.05) is 81.4 Å². The Morgan fingerprint density at radius 2 is 1.18 bits per heavy atom. The first-order valence-corrected chi connectivity index (χ1v) is 12.0. The lowest BCUT2D eigenvalue weighted by Crippen LogP contribution is -2.26. The minimum absolute atomic E-state index is 0.0292. The number of benzene rings is 1. The SMILES string of the molecule is CCC(CC)(c1cc(C(C)C(C)(C)C)c(O)c(C(C)C(C)(C)C)c1)P(=O)(O)O. The summed E-state index contributed by atoms with van der Waals surface area (Å²) in [6.45, 7) is 20.5. The van der Waals surface area contributed by atoms with Gasteiger partial charge in [-0.3, -0.25) is 4.57 Å². The van der Waals surface area contributed by atoms with Crippen LogP contribution in [0.3, 0.4) is 0 Å². The van der Waals surface area contributed by atoms with E-state index in [4.69, 9.17) is 0 Å². The van der Waals surface area contributed by atoms with Crippen molar-refractivity contribution in [3.63, 3.8) is 0 Å². The molecule has 0 aliphatic heterocycles. The van der Waals surface area contributed by atoms with Crippen molar-refractivity contribution in [1.29, 1.82) is 0 Å². The third kappa shape index (κ3) is 4.66. The molecule has 0 aliphatic carbocycles. The Morgan fingerprint density at radius 3 is 1.39 bits per heavy atom. The molecule has 0 bridgehead atoms. The molecule has 1 aromatic carbocycles. The van der Waals surface area contributed by atoms with Crippen LogP contribution in [0.5, 0.6) is 5.75 Å². The standard InChI is InChI=1S/C23H41O4P/c1-11-23(12-2,28(25,26)27)17-13-18(15(3)21(5,6)7)20(24)19(14-17)16(4)22(8,9)10/h13-16,24H,11-12H2,1-10H3,(H2,25,26,27). The second-order valence-corrected chi connectivity index (χ2v) is 12.4. The predicted molar refractivity (Wildman–Crippen MR) is 118 cm³/mol. The summed E-state index contributed by atoms with van der Waals surface area (Å²) in [7, 11) is -4.41. The monoisotopic (exact) mass is 412 g/mol. The van der Waals surface area contributed by atoms with Crippen LogP contribution in [0.25, 0.3) is 0 Å². The zero-order chi connectivity index (χ0) is 22.3. The van der Waals surface area contributed by atoms with Crippen molar-refractivity contribution in [1.82, 2.24) is 0 Å². The summed E-state index contributed by atoms with van der Waals surface area (Å²) in [5.41, 5.74) is 2.00. The zero-order valence-electron chi connectivity index (χ0n) is 19.4. The summed E-state index contributed by atoms with van der Waals surface area (Å²) in [4.78, 5) is 20.6. The molecule has 0 radical (unpaired) electrons. The van der Waals surface area contributed by atoms with E-state index < -0.39 is 12.8 Å². The van der Waals surface area contributed by atoms with E-state index in [0.29, 0.717) is 18.4 Å². The Kier molecular flexibility index (Phi) is 7.32. The van der Waals surface area contributed by atoms with E-state index in [1.807, 2.05) is 26.0 Å².